The monoisotopic (exact) mass is 616 g/mol. The lowest BCUT2D eigenvalue weighted by atomic mass is 9.90. The fourth-order valence-corrected chi connectivity index (χ4v) is 6.28. The van der Waals surface area contributed by atoms with Crippen LogP contribution in [0.3, 0.4) is 0 Å². The summed E-state index contributed by atoms with van der Waals surface area (Å²) in [4.78, 5) is 26.6. The summed E-state index contributed by atoms with van der Waals surface area (Å²) in [6.07, 6.45) is 20.5. The molecule has 0 unspecified atom stereocenters. The maximum Gasteiger partial charge on any atom is 0.224 e. The Kier molecular flexibility index (Phi) is 14.6. The number of amides is 2. The van der Waals surface area contributed by atoms with Crippen molar-refractivity contribution in [3.8, 4) is 11.1 Å². The number of carbonyl (C=O) groups excluding carboxylic acids is 2. The molecule has 0 aliphatic carbocycles. The zero-order chi connectivity index (χ0) is 32.4. The molecule has 0 atom stereocenters. The third kappa shape index (κ3) is 10.4. The van der Waals surface area contributed by atoms with Crippen LogP contribution in [0.4, 0.5) is 11.4 Å². The number of hydrogen-bond donors (Lipinski definition) is 2. The molecular formula is C42H52N2O2. The van der Waals surface area contributed by atoms with Crippen LogP contribution in [0.5, 0.6) is 0 Å². The molecule has 0 aliphatic rings. The Labute approximate surface area is 276 Å². The minimum atomic E-state index is 0.0264. The van der Waals surface area contributed by atoms with Gasteiger partial charge in [0.1, 0.15) is 0 Å². The van der Waals surface area contributed by atoms with Crippen LogP contribution in [0.1, 0.15) is 103 Å². The smallest absolute Gasteiger partial charge is 0.224 e. The van der Waals surface area contributed by atoms with Crippen molar-refractivity contribution in [1.29, 1.82) is 0 Å². The molecule has 0 saturated heterocycles. The third-order valence-electron chi connectivity index (χ3n) is 8.78. The van der Waals surface area contributed by atoms with E-state index < -0.39 is 0 Å². The van der Waals surface area contributed by atoms with E-state index in [-0.39, 0.29) is 11.8 Å². The fourth-order valence-electron chi connectivity index (χ4n) is 6.28. The fraction of sp³-hybridized carbons (Fsp3) is 0.381. The lowest BCUT2D eigenvalue weighted by Gasteiger charge is -2.20. The number of rotatable bonds is 21. The summed E-state index contributed by atoms with van der Waals surface area (Å²) in [6, 6.07) is 24.7. The van der Waals surface area contributed by atoms with Crippen LogP contribution in [0.15, 0.2) is 98.1 Å². The summed E-state index contributed by atoms with van der Waals surface area (Å²) < 4.78 is 0. The standard InChI is InChI=1S/C42H52N2O2/c1-3-5-7-9-11-13-15-17-27-39(45)43-37-31-29-33-23-19-21-25-35(33)41(37)42-36-26-22-20-24-34(36)30-32-38(42)44-40(46)28-18-16-14-12-10-8-6-4-2/h3-4,19-26,29-32H,1-2,5-18,27-28H2,(H,43,45)(H,44,46). The Morgan fingerprint density at radius 3 is 1.26 bits per heavy atom. The lowest BCUT2D eigenvalue weighted by molar-refractivity contribution is -0.117. The van der Waals surface area contributed by atoms with Crippen molar-refractivity contribution >= 4 is 44.7 Å². The van der Waals surface area contributed by atoms with Gasteiger partial charge in [-0.05, 0) is 72.2 Å². The van der Waals surface area contributed by atoms with Crippen molar-refractivity contribution in [1.82, 2.24) is 0 Å². The zero-order valence-corrected chi connectivity index (χ0v) is 27.6. The molecule has 0 aliphatic heterocycles. The van der Waals surface area contributed by atoms with Crippen molar-refractivity contribution in [3.05, 3.63) is 98.1 Å². The maximum absolute atomic E-state index is 13.3. The van der Waals surface area contributed by atoms with Crippen LogP contribution in [0.2, 0.25) is 0 Å². The Morgan fingerprint density at radius 1 is 0.478 bits per heavy atom. The SMILES string of the molecule is C=CCCCCCCCCC(=O)Nc1ccc2ccccc2c1-c1c(NC(=O)CCCCCCCCC=C)ccc2ccccc12. The van der Waals surface area contributed by atoms with Gasteiger partial charge >= 0.3 is 0 Å². The van der Waals surface area contributed by atoms with E-state index in [1.165, 1.54) is 38.5 Å². The van der Waals surface area contributed by atoms with E-state index in [9.17, 15) is 9.59 Å². The van der Waals surface area contributed by atoms with Gasteiger partial charge in [0.25, 0.3) is 0 Å². The van der Waals surface area contributed by atoms with Crippen molar-refractivity contribution < 1.29 is 9.59 Å². The van der Waals surface area contributed by atoms with Crippen LogP contribution < -0.4 is 10.6 Å². The molecule has 0 aromatic heterocycles. The largest absolute Gasteiger partial charge is 0.325 e. The number of nitrogens with one attached hydrogen (secondary N) is 2. The lowest BCUT2D eigenvalue weighted by Crippen LogP contribution is -2.14. The van der Waals surface area contributed by atoms with Crippen LogP contribution in [0, 0.1) is 0 Å². The van der Waals surface area contributed by atoms with E-state index in [1.54, 1.807) is 0 Å². The highest BCUT2D eigenvalue weighted by molar-refractivity contribution is 6.16. The summed E-state index contributed by atoms with van der Waals surface area (Å²) >= 11 is 0. The average Bonchev–Trinajstić information content (AvgIpc) is 3.07. The van der Waals surface area contributed by atoms with Gasteiger partial charge in [0.2, 0.25) is 11.8 Å². The van der Waals surface area contributed by atoms with E-state index in [0.717, 1.165) is 95.4 Å². The Hall–Kier alpha value is -4.18. The molecule has 0 spiro atoms. The number of anilines is 2. The molecule has 4 nitrogen and oxygen atoms in total. The molecular weight excluding hydrogens is 564 g/mol. The van der Waals surface area contributed by atoms with Gasteiger partial charge in [-0.25, -0.2) is 0 Å². The first-order valence-electron chi connectivity index (χ1n) is 17.5. The van der Waals surface area contributed by atoms with Gasteiger partial charge in [-0.1, -0.05) is 124 Å². The molecule has 2 amide bonds. The first-order valence-corrected chi connectivity index (χ1v) is 17.5. The van der Waals surface area contributed by atoms with Crippen molar-refractivity contribution in [2.45, 2.75) is 103 Å². The molecule has 242 valence electrons. The minimum absolute atomic E-state index is 0.0264. The molecule has 0 saturated carbocycles. The van der Waals surface area contributed by atoms with Gasteiger partial charge in [0, 0.05) is 35.3 Å². The van der Waals surface area contributed by atoms with Crippen molar-refractivity contribution in [2.24, 2.45) is 0 Å². The van der Waals surface area contributed by atoms with Gasteiger partial charge < -0.3 is 10.6 Å². The van der Waals surface area contributed by atoms with Crippen LogP contribution in [0.25, 0.3) is 32.7 Å². The van der Waals surface area contributed by atoms with Gasteiger partial charge in [0.05, 0.1) is 0 Å². The second-order valence-electron chi connectivity index (χ2n) is 12.4. The topological polar surface area (TPSA) is 58.2 Å². The molecule has 2 N–H and O–H groups in total. The molecule has 0 heterocycles. The average molecular weight is 617 g/mol. The first-order chi connectivity index (χ1) is 22.6. The highest BCUT2D eigenvalue weighted by Gasteiger charge is 2.19. The summed E-state index contributed by atoms with van der Waals surface area (Å²) in [5.41, 5.74) is 3.44. The van der Waals surface area contributed by atoms with E-state index in [1.807, 2.05) is 48.6 Å². The molecule has 4 aromatic rings. The Balaban J connectivity index is 1.53. The molecule has 4 rings (SSSR count). The van der Waals surface area contributed by atoms with Gasteiger partial charge in [-0.2, -0.15) is 0 Å². The molecule has 4 heteroatoms. The first kappa shape index (κ1) is 34.7. The third-order valence-corrected chi connectivity index (χ3v) is 8.78. The summed E-state index contributed by atoms with van der Waals surface area (Å²) in [5.74, 6) is 0.0528. The molecule has 0 radical (unpaired) electrons. The summed E-state index contributed by atoms with van der Waals surface area (Å²) in [6.45, 7) is 7.59. The predicted molar refractivity (Wildman–Crippen MR) is 198 cm³/mol. The van der Waals surface area contributed by atoms with Gasteiger partial charge in [0.15, 0.2) is 0 Å². The Morgan fingerprint density at radius 2 is 0.848 bits per heavy atom. The summed E-state index contributed by atoms with van der Waals surface area (Å²) in [5, 5.41) is 10.8. The maximum atomic E-state index is 13.3. The molecule has 0 fully saturated rings. The Bertz CT molecular complexity index is 1470. The molecule has 4 aromatic carbocycles. The van der Waals surface area contributed by atoms with E-state index in [4.69, 9.17) is 0 Å². The van der Waals surface area contributed by atoms with Gasteiger partial charge in [-0.3, -0.25) is 9.59 Å². The van der Waals surface area contributed by atoms with E-state index in [0.29, 0.717) is 12.8 Å². The number of unbranched alkanes of at least 4 members (excludes halogenated alkanes) is 12. The van der Waals surface area contributed by atoms with E-state index in [2.05, 4.69) is 60.2 Å². The second kappa shape index (κ2) is 19.4. The second-order valence-corrected chi connectivity index (χ2v) is 12.4. The highest BCUT2D eigenvalue weighted by atomic mass is 16.2. The van der Waals surface area contributed by atoms with Crippen LogP contribution >= 0.6 is 0 Å². The van der Waals surface area contributed by atoms with E-state index >= 15 is 0 Å². The number of allylic oxidation sites excluding steroid dienone is 2. The predicted octanol–water partition coefficient (Wildman–Crippen LogP) is 12.2. The molecule has 0 bridgehead atoms. The quantitative estimate of drug-likeness (QED) is 0.0723. The van der Waals surface area contributed by atoms with Crippen LogP contribution in [-0.4, -0.2) is 11.8 Å². The number of hydrogen-bond acceptors (Lipinski definition) is 2. The van der Waals surface area contributed by atoms with Crippen molar-refractivity contribution in [3.63, 3.8) is 0 Å². The normalized spacial score (nSPS) is 11.0. The summed E-state index contributed by atoms with van der Waals surface area (Å²) in [7, 11) is 0. The van der Waals surface area contributed by atoms with Gasteiger partial charge in [-0.15, -0.1) is 13.2 Å². The number of carbonyl (C=O) groups is 2. The molecule has 46 heavy (non-hydrogen) atoms. The number of benzene rings is 4. The van der Waals surface area contributed by atoms with Crippen molar-refractivity contribution in [2.75, 3.05) is 10.6 Å². The van der Waals surface area contributed by atoms with Crippen LogP contribution in [-0.2, 0) is 9.59 Å². The minimum Gasteiger partial charge on any atom is -0.325 e. The number of fused-ring (bicyclic) bond motifs is 2. The highest BCUT2D eigenvalue weighted by Crippen LogP contribution is 2.43. The zero-order valence-electron chi connectivity index (χ0n) is 27.6.